The molecule has 0 N–H and O–H groups in total. The number of benzene rings is 1. The summed E-state index contributed by atoms with van der Waals surface area (Å²) < 4.78 is 1.13. The van der Waals surface area contributed by atoms with Crippen molar-refractivity contribution < 1.29 is 4.79 Å². The van der Waals surface area contributed by atoms with Gasteiger partial charge in [0.25, 0.3) is 5.91 Å². The molecule has 3 heteroatoms. The van der Waals surface area contributed by atoms with Gasteiger partial charge in [0, 0.05) is 22.2 Å². The molecule has 1 aromatic carbocycles. The lowest BCUT2D eigenvalue weighted by atomic mass is 10.2. The van der Waals surface area contributed by atoms with Crippen molar-refractivity contribution in [2.45, 2.75) is 6.42 Å². The largest absolute Gasteiger partial charge is 0.338 e. The minimum absolute atomic E-state index is 0.209. The summed E-state index contributed by atoms with van der Waals surface area (Å²) in [5.74, 6) is 1.84. The van der Waals surface area contributed by atoms with Crippen molar-refractivity contribution in [3.63, 3.8) is 0 Å². The van der Waals surface area contributed by atoms with Crippen molar-refractivity contribution in [3.8, 4) is 0 Å². The molecule has 2 nitrogen and oxygen atoms in total. The van der Waals surface area contributed by atoms with Crippen molar-refractivity contribution in [3.05, 3.63) is 33.4 Å². The highest BCUT2D eigenvalue weighted by Crippen LogP contribution is 2.45. The van der Waals surface area contributed by atoms with Crippen LogP contribution < -0.4 is 0 Å². The highest BCUT2D eigenvalue weighted by atomic mass is 127. The Morgan fingerprint density at radius 3 is 2.73 bits per heavy atom. The smallest absolute Gasteiger partial charge is 0.253 e. The third-order valence-corrected chi connectivity index (χ3v) is 4.01. The summed E-state index contributed by atoms with van der Waals surface area (Å²) in [6.45, 7) is 1.96. The molecule has 2 aliphatic rings. The third kappa shape index (κ3) is 1.77. The number of hydrogen-bond acceptors (Lipinski definition) is 1. The summed E-state index contributed by atoms with van der Waals surface area (Å²) in [6.07, 6.45) is 1.34. The molecule has 78 valence electrons. The monoisotopic (exact) mass is 313 g/mol. The van der Waals surface area contributed by atoms with E-state index in [0.29, 0.717) is 0 Å². The predicted octanol–water partition coefficient (Wildman–Crippen LogP) is 2.38. The van der Waals surface area contributed by atoms with E-state index in [9.17, 15) is 4.79 Å². The van der Waals surface area contributed by atoms with Crippen LogP contribution in [-0.2, 0) is 0 Å². The molecule has 1 aromatic rings. The zero-order valence-electron chi connectivity index (χ0n) is 8.32. The minimum atomic E-state index is 0.209. The number of amides is 1. The van der Waals surface area contributed by atoms with Crippen LogP contribution in [0.1, 0.15) is 16.8 Å². The average Bonchev–Trinajstić information content (AvgIpc) is 2.85. The molecule has 0 radical (unpaired) electrons. The van der Waals surface area contributed by atoms with Crippen LogP contribution in [-0.4, -0.2) is 23.9 Å². The van der Waals surface area contributed by atoms with Crippen LogP contribution in [0.5, 0.6) is 0 Å². The molecule has 2 fully saturated rings. The molecule has 0 bridgehead atoms. The van der Waals surface area contributed by atoms with E-state index < -0.39 is 0 Å². The van der Waals surface area contributed by atoms with E-state index in [1.165, 1.54) is 6.42 Å². The van der Waals surface area contributed by atoms with Gasteiger partial charge in [-0.15, -0.1) is 0 Å². The Kier molecular flexibility index (Phi) is 2.23. The third-order valence-electron chi connectivity index (χ3n) is 3.34. The molecule has 0 aromatic heterocycles. The number of nitrogens with zero attached hydrogens (tertiary/aromatic N) is 1. The Morgan fingerprint density at radius 1 is 1.33 bits per heavy atom. The number of carbonyl (C=O) groups excluding carboxylic acids is 1. The zero-order valence-corrected chi connectivity index (χ0v) is 10.5. The second kappa shape index (κ2) is 3.47. The van der Waals surface area contributed by atoms with Crippen molar-refractivity contribution >= 4 is 28.5 Å². The molecule has 1 aliphatic carbocycles. The van der Waals surface area contributed by atoms with Crippen LogP contribution in [0.25, 0.3) is 0 Å². The number of carbonyl (C=O) groups is 1. The molecule has 0 spiro atoms. The Bertz CT molecular complexity index is 408. The summed E-state index contributed by atoms with van der Waals surface area (Å²) in [6, 6.07) is 7.84. The molecular weight excluding hydrogens is 301 g/mol. The molecule has 15 heavy (non-hydrogen) atoms. The van der Waals surface area contributed by atoms with Gasteiger partial charge < -0.3 is 4.90 Å². The fourth-order valence-electron chi connectivity index (χ4n) is 2.37. The topological polar surface area (TPSA) is 20.3 Å². The number of rotatable bonds is 1. The average molecular weight is 313 g/mol. The molecule has 1 amide bonds. The second-order valence-corrected chi connectivity index (χ2v) is 5.72. The van der Waals surface area contributed by atoms with E-state index in [-0.39, 0.29) is 5.91 Å². The van der Waals surface area contributed by atoms with E-state index in [1.54, 1.807) is 0 Å². The molecular formula is C12H12INO. The Morgan fingerprint density at radius 2 is 2.07 bits per heavy atom. The van der Waals surface area contributed by atoms with Gasteiger partial charge in [0.2, 0.25) is 0 Å². The fourth-order valence-corrected chi connectivity index (χ4v) is 2.91. The molecule has 3 rings (SSSR count). The van der Waals surface area contributed by atoms with Crippen LogP contribution in [0.15, 0.2) is 24.3 Å². The van der Waals surface area contributed by atoms with Crippen molar-refractivity contribution in [2.24, 2.45) is 11.8 Å². The SMILES string of the molecule is O=C(c1cccc(I)c1)N1CC2CC2C1. The first-order valence-corrected chi connectivity index (χ1v) is 6.37. The van der Waals surface area contributed by atoms with E-state index in [0.717, 1.165) is 34.1 Å². The number of hydrogen-bond donors (Lipinski definition) is 0. The molecule has 1 saturated heterocycles. The van der Waals surface area contributed by atoms with Crippen LogP contribution in [0.4, 0.5) is 0 Å². The maximum Gasteiger partial charge on any atom is 0.253 e. The van der Waals surface area contributed by atoms with Crippen LogP contribution in [0, 0.1) is 15.4 Å². The summed E-state index contributed by atoms with van der Waals surface area (Å²) in [5, 5.41) is 0. The zero-order chi connectivity index (χ0) is 10.4. The summed E-state index contributed by atoms with van der Waals surface area (Å²) in [5.41, 5.74) is 0.836. The van der Waals surface area contributed by atoms with E-state index in [4.69, 9.17) is 0 Å². The first-order chi connectivity index (χ1) is 7.24. The van der Waals surface area contributed by atoms with Gasteiger partial charge in [0.15, 0.2) is 0 Å². The Labute approximate surface area is 103 Å². The lowest BCUT2D eigenvalue weighted by molar-refractivity contribution is 0.0775. The van der Waals surface area contributed by atoms with Crippen LogP contribution in [0.2, 0.25) is 0 Å². The van der Waals surface area contributed by atoms with E-state index in [2.05, 4.69) is 22.6 Å². The summed E-state index contributed by atoms with van der Waals surface area (Å²) >= 11 is 2.24. The van der Waals surface area contributed by atoms with E-state index in [1.807, 2.05) is 29.2 Å². The van der Waals surface area contributed by atoms with Gasteiger partial charge in [-0.3, -0.25) is 4.79 Å². The van der Waals surface area contributed by atoms with E-state index >= 15 is 0 Å². The maximum absolute atomic E-state index is 12.1. The van der Waals surface area contributed by atoms with Gasteiger partial charge in [-0.1, -0.05) is 6.07 Å². The second-order valence-electron chi connectivity index (χ2n) is 4.48. The van der Waals surface area contributed by atoms with Gasteiger partial charge >= 0.3 is 0 Å². The minimum Gasteiger partial charge on any atom is -0.338 e. The highest BCUT2D eigenvalue weighted by Gasteiger charge is 2.46. The van der Waals surface area contributed by atoms with Gasteiger partial charge in [0.1, 0.15) is 0 Å². The van der Waals surface area contributed by atoms with Crippen LogP contribution in [0.3, 0.4) is 0 Å². The molecule has 2 atom stereocenters. The number of halogens is 1. The maximum atomic E-state index is 12.1. The van der Waals surface area contributed by atoms with Gasteiger partial charge in [-0.05, 0) is 59.0 Å². The normalized spacial score (nSPS) is 27.7. The molecule has 2 unspecified atom stereocenters. The molecule has 1 heterocycles. The first-order valence-electron chi connectivity index (χ1n) is 5.29. The standard InChI is InChI=1S/C12H12INO/c13-11-3-1-2-8(5-11)12(15)14-6-9-4-10(9)7-14/h1-3,5,9-10H,4,6-7H2. The summed E-state index contributed by atoms with van der Waals surface area (Å²) in [4.78, 5) is 14.1. The van der Waals surface area contributed by atoms with Crippen molar-refractivity contribution in [1.29, 1.82) is 0 Å². The molecule has 1 saturated carbocycles. The van der Waals surface area contributed by atoms with Gasteiger partial charge in [0.05, 0.1) is 0 Å². The van der Waals surface area contributed by atoms with Gasteiger partial charge in [-0.2, -0.15) is 0 Å². The predicted molar refractivity (Wildman–Crippen MR) is 66.7 cm³/mol. The highest BCUT2D eigenvalue weighted by molar-refractivity contribution is 14.1. The fraction of sp³-hybridized carbons (Fsp3) is 0.417. The number of likely N-dealkylation sites (tertiary alicyclic amines) is 1. The quantitative estimate of drug-likeness (QED) is 0.729. The molecule has 1 aliphatic heterocycles. The summed E-state index contributed by atoms with van der Waals surface area (Å²) in [7, 11) is 0. The van der Waals surface area contributed by atoms with Crippen molar-refractivity contribution in [1.82, 2.24) is 4.90 Å². The van der Waals surface area contributed by atoms with Crippen LogP contribution >= 0.6 is 22.6 Å². The lowest BCUT2D eigenvalue weighted by Gasteiger charge is -2.17. The number of piperidine rings is 1. The van der Waals surface area contributed by atoms with Gasteiger partial charge in [-0.25, -0.2) is 0 Å². The Hall–Kier alpha value is -0.580. The first kappa shape index (κ1) is 9.63. The Balaban J connectivity index is 1.79. The van der Waals surface area contributed by atoms with Crippen molar-refractivity contribution in [2.75, 3.05) is 13.1 Å². The number of fused-ring (bicyclic) bond motifs is 1. The lowest BCUT2D eigenvalue weighted by Crippen LogP contribution is -2.30.